The lowest BCUT2D eigenvalue weighted by molar-refractivity contribution is -0.173. The first kappa shape index (κ1) is 18.9. The van der Waals surface area contributed by atoms with Crippen molar-refractivity contribution in [3.8, 4) is 0 Å². The normalized spacial score (nSPS) is 28.8. The van der Waals surface area contributed by atoms with E-state index in [1.54, 1.807) is 0 Å². The number of allylic oxidation sites excluding steroid dienone is 1. The summed E-state index contributed by atoms with van der Waals surface area (Å²) in [7, 11) is 0. The Morgan fingerprint density at radius 2 is 1.83 bits per heavy atom. The summed E-state index contributed by atoms with van der Waals surface area (Å²) >= 11 is 0. The minimum atomic E-state index is -0.810. The number of hydrogen-bond donors (Lipinski definition) is 1. The average molecular weight is 340 g/mol. The summed E-state index contributed by atoms with van der Waals surface area (Å²) in [6.07, 6.45) is 6.30. The third-order valence-corrected chi connectivity index (χ3v) is 5.20. The van der Waals surface area contributed by atoms with Gasteiger partial charge in [0.25, 0.3) is 0 Å². The zero-order valence-electron chi connectivity index (χ0n) is 14.7. The van der Waals surface area contributed by atoms with Gasteiger partial charge in [-0.05, 0) is 39.0 Å². The topological polar surface area (TPSA) is 82.1 Å². The summed E-state index contributed by atoms with van der Waals surface area (Å²) < 4.78 is 16.2. The largest absolute Gasteiger partial charge is 0.481 e. The molecule has 136 valence electrons. The fourth-order valence-corrected chi connectivity index (χ4v) is 3.22. The molecule has 0 aliphatic heterocycles. The average Bonchev–Trinajstić information content (AvgIpc) is 2.58. The molecule has 1 saturated carbocycles. The molecule has 3 aliphatic rings. The van der Waals surface area contributed by atoms with Crippen molar-refractivity contribution in [2.45, 2.75) is 46.1 Å². The van der Waals surface area contributed by atoms with Gasteiger partial charge in [-0.2, -0.15) is 0 Å². The number of hydrogen-bond acceptors (Lipinski definition) is 5. The molecule has 4 atom stereocenters. The van der Waals surface area contributed by atoms with Gasteiger partial charge in [0.15, 0.2) is 0 Å². The first-order valence-corrected chi connectivity index (χ1v) is 8.64. The van der Waals surface area contributed by atoms with E-state index in [0.29, 0.717) is 6.42 Å². The van der Waals surface area contributed by atoms with Crippen molar-refractivity contribution in [1.82, 2.24) is 0 Å². The summed E-state index contributed by atoms with van der Waals surface area (Å²) in [6, 6.07) is 0. The van der Waals surface area contributed by atoms with Crippen LogP contribution < -0.4 is 0 Å². The highest BCUT2D eigenvalue weighted by Crippen LogP contribution is 2.42. The Morgan fingerprint density at radius 1 is 1.17 bits per heavy atom. The molecule has 0 amide bonds. The van der Waals surface area contributed by atoms with E-state index in [1.165, 1.54) is 0 Å². The Morgan fingerprint density at radius 3 is 2.42 bits per heavy atom. The highest BCUT2D eigenvalue weighted by Gasteiger charge is 2.45. The summed E-state index contributed by atoms with van der Waals surface area (Å²) in [6.45, 7) is 6.05. The van der Waals surface area contributed by atoms with Gasteiger partial charge in [0.1, 0.15) is 13.4 Å². The Kier molecular flexibility index (Phi) is 6.40. The van der Waals surface area contributed by atoms with Gasteiger partial charge in [0.05, 0.1) is 24.0 Å². The van der Waals surface area contributed by atoms with Crippen molar-refractivity contribution in [1.29, 1.82) is 0 Å². The summed E-state index contributed by atoms with van der Waals surface area (Å²) in [5, 5.41) is 9.42. The smallest absolute Gasteiger partial charge is 0.311 e. The highest BCUT2D eigenvalue weighted by atomic mass is 16.7. The van der Waals surface area contributed by atoms with E-state index in [-0.39, 0.29) is 43.9 Å². The van der Waals surface area contributed by atoms with E-state index in [9.17, 15) is 14.7 Å². The molecule has 6 heteroatoms. The van der Waals surface area contributed by atoms with E-state index in [0.717, 1.165) is 12.8 Å². The number of ether oxygens (including phenoxy) is 3. The van der Waals surface area contributed by atoms with Gasteiger partial charge in [0, 0.05) is 5.92 Å². The van der Waals surface area contributed by atoms with E-state index >= 15 is 0 Å². The van der Waals surface area contributed by atoms with Crippen molar-refractivity contribution in [3.63, 3.8) is 0 Å². The van der Waals surface area contributed by atoms with Gasteiger partial charge in [-0.25, -0.2) is 0 Å². The first-order chi connectivity index (χ1) is 11.4. The molecule has 4 unspecified atom stereocenters. The Hall–Kier alpha value is -1.40. The van der Waals surface area contributed by atoms with Crippen molar-refractivity contribution >= 4 is 11.9 Å². The maximum atomic E-state index is 11.8. The minimum absolute atomic E-state index is 0.0141. The molecule has 0 aromatic carbocycles. The van der Waals surface area contributed by atoms with Gasteiger partial charge in [0.2, 0.25) is 0 Å². The molecule has 0 radical (unpaired) electrons. The van der Waals surface area contributed by atoms with E-state index in [2.05, 4.69) is 6.08 Å². The van der Waals surface area contributed by atoms with Crippen LogP contribution in [0.3, 0.4) is 0 Å². The summed E-state index contributed by atoms with van der Waals surface area (Å²) in [5.74, 6) is -1.36. The number of carboxylic acid groups (broad SMARTS) is 1. The van der Waals surface area contributed by atoms with Crippen molar-refractivity contribution in [3.05, 3.63) is 12.2 Å². The van der Waals surface area contributed by atoms with E-state index < -0.39 is 17.3 Å². The molecule has 24 heavy (non-hydrogen) atoms. The number of carboxylic acids is 1. The zero-order valence-corrected chi connectivity index (χ0v) is 14.7. The number of esters is 1. The third-order valence-electron chi connectivity index (χ3n) is 5.20. The molecule has 3 aliphatic carbocycles. The SMILES string of the molecule is CCC(C)(C)C(=O)OCCOCOC1C2C=CC(CC2)C1C(=O)O. The Labute approximate surface area is 143 Å². The number of aliphatic carboxylic acids is 1. The van der Waals surface area contributed by atoms with Gasteiger partial charge < -0.3 is 19.3 Å². The zero-order chi connectivity index (χ0) is 17.7. The fourth-order valence-electron chi connectivity index (χ4n) is 3.22. The molecule has 0 saturated heterocycles. The van der Waals surface area contributed by atoms with Crippen LogP contribution in [-0.2, 0) is 23.8 Å². The van der Waals surface area contributed by atoms with Gasteiger partial charge in [-0.1, -0.05) is 19.1 Å². The number of carbonyl (C=O) groups is 2. The quantitative estimate of drug-likeness (QED) is 0.301. The molecule has 0 spiro atoms. The maximum Gasteiger partial charge on any atom is 0.311 e. The summed E-state index contributed by atoms with van der Waals surface area (Å²) in [4.78, 5) is 23.3. The Bertz CT molecular complexity index is 484. The predicted octanol–water partition coefficient (Wildman–Crippen LogP) is 2.62. The van der Waals surface area contributed by atoms with Crippen molar-refractivity contribution in [2.24, 2.45) is 23.2 Å². The van der Waals surface area contributed by atoms with Crippen LogP contribution in [-0.4, -0.2) is 43.2 Å². The second-order valence-electron chi connectivity index (χ2n) is 7.18. The highest BCUT2D eigenvalue weighted by molar-refractivity contribution is 5.75. The first-order valence-electron chi connectivity index (χ1n) is 8.64. The van der Waals surface area contributed by atoms with Crippen LogP contribution in [0.1, 0.15) is 40.0 Å². The molecule has 1 fully saturated rings. The molecule has 6 nitrogen and oxygen atoms in total. The lowest BCUT2D eigenvalue weighted by atomic mass is 9.67. The molecular weight excluding hydrogens is 312 g/mol. The number of fused-ring (bicyclic) bond motifs is 2. The van der Waals surface area contributed by atoms with E-state index in [1.807, 2.05) is 26.8 Å². The van der Waals surface area contributed by atoms with Crippen LogP contribution in [0, 0.1) is 23.2 Å². The van der Waals surface area contributed by atoms with Crippen LogP contribution in [0.4, 0.5) is 0 Å². The molecule has 3 rings (SSSR count). The number of rotatable bonds is 9. The monoisotopic (exact) mass is 340 g/mol. The molecule has 0 heterocycles. The predicted molar refractivity (Wildman–Crippen MR) is 87.2 cm³/mol. The molecule has 0 aromatic heterocycles. The lowest BCUT2D eigenvalue weighted by Crippen LogP contribution is -2.46. The van der Waals surface area contributed by atoms with Gasteiger partial charge in [-0.15, -0.1) is 0 Å². The lowest BCUT2D eigenvalue weighted by Gasteiger charge is -2.42. The van der Waals surface area contributed by atoms with Crippen LogP contribution in [0.2, 0.25) is 0 Å². The third kappa shape index (κ3) is 4.36. The van der Waals surface area contributed by atoms with Gasteiger partial charge in [-0.3, -0.25) is 9.59 Å². The van der Waals surface area contributed by atoms with Crippen LogP contribution >= 0.6 is 0 Å². The van der Waals surface area contributed by atoms with Crippen molar-refractivity contribution in [2.75, 3.05) is 20.0 Å². The van der Waals surface area contributed by atoms with Crippen LogP contribution in [0.15, 0.2) is 12.2 Å². The molecular formula is C18H28O6. The van der Waals surface area contributed by atoms with Crippen LogP contribution in [0.25, 0.3) is 0 Å². The standard InChI is InChI=1S/C18H28O6/c1-4-18(2,3)17(21)23-10-9-22-11-24-15-13-7-5-12(6-8-13)14(15)16(19)20/h5,7,12-15H,4,6,8-11H2,1-3H3,(H,19,20). The van der Waals surface area contributed by atoms with Crippen LogP contribution in [0.5, 0.6) is 0 Å². The van der Waals surface area contributed by atoms with E-state index in [4.69, 9.17) is 14.2 Å². The molecule has 1 N–H and O–H groups in total. The second-order valence-corrected chi connectivity index (χ2v) is 7.18. The number of carbonyl (C=O) groups excluding carboxylic acids is 1. The minimum Gasteiger partial charge on any atom is -0.481 e. The van der Waals surface area contributed by atoms with Crippen molar-refractivity contribution < 1.29 is 28.9 Å². The Balaban J connectivity index is 1.68. The fraction of sp³-hybridized carbons (Fsp3) is 0.778. The molecule has 2 bridgehead atoms. The maximum absolute atomic E-state index is 11.8. The second kappa shape index (κ2) is 8.12. The molecule has 0 aromatic rings. The summed E-state index contributed by atoms with van der Waals surface area (Å²) in [5.41, 5.74) is -0.487. The van der Waals surface area contributed by atoms with Gasteiger partial charge >= 0.3 is 11.9 Å².